The number of nitro groups is 1. The van der Waals surface area contributed by atoms with Gasteiger partial charge in [-0.25, -0.2) is 0 Å². The maximum absolute atomic E-state index is 11.7. The van der Waals surface area contributed by atoms with Crippen LogP contribution in [0.15, 0.2) is 47.9 Å². The third-order valence-electron chi connectivity index (χ3n) is 2.27. The molecule has 1 aromatic carbocycles. The minimum absolute atomic E-state index is 0.0711. The smallest absolute Gasteiger partial charge is 0.289 e. The van der Waals surface area contributed by atoms with Gasteiger partial charge in [-0.1, -0.05) is 41.7 Å². The van der Waals surface area contributed by atoms with Crippen LogP contribution in [0.5, 0.6) is 0 Å². The van der Waals surface area contributed by atoms with Gasteiger partial charge < -0.3 is 0 Å². The highest BCUT2D eigenvalue weighted by molar-refractivity contribution is 7.13. The summed E-state index contributed by atoms with van der Waals surface area (Å²) in [6.45, 7) is 0. The van der Waals surface area contributed by atoms with Crippen LogP contribution in [0.3, 0.4) is 0 Å². The molecule has 2 rings (SSSR count). The van der Waals surface area contributed by atoms with Crippen molar-refractivity contribution in [2.24, 2.45) is 0 Å². The highest BCUT2D eigenvalue weighted by atomic mass is 32.1. The van der Waals surface area contributed by atoms with E-state index >= 15 is 0 Å². The summed E-state index contributed by atoms with van der Waals surface area (Å²) in [5.74, 6) is -0.121. The zero-order valence-electron chi connectivity index (χ0n) is 9.28. The second-order valence-electron chi connectivity index (χ2n) is 3.54. The molecule has 4 nitrogen and oxygen atoms in total. The van der Waals surface area contributed by atoms with Crippen LogP contribution in [-0.4, -0.2) is 10.7 Å². The van der Waals surface area contributed by atoms with Gasteiger partial charge in [0.25, 0.3) is 0 Å². The number of benzene rings is 1. The first-order valence-electron chi connectivity index (χ1n) is 5.17. The number of carbonyl (C=O) groups is 1. The Kier molecular flexibility index (Phi) is 3.64. The van der Waals surface area contributed by atoms with Gasteiger partial charge in [0.05, 0.1) is 4.92 Å². The fourth-order valence-electron chi connectivity index (χ4n) is 1.39. The van der Waals surface area contributed by atoms with Crippen molar-refractivity contribution in [3.05, 3.63) is 69.1 Å². The van der Waals surface area contributed by atoms with Gasteiger partial charge in [0.2, 0.25) is 0 Å². The van der Waals surface area contributed by atoms with Gasteiger partial charge in [-0.3, -0.25) is 14.9 Å². The van der Waals surface area contributed by atoms with Gasteiger partial charge >= 0.3 is 5.00 Å². The summed E-state index contributed by atoms with van der Waals surface area (Å²) in [6.07, 6.45) is 3.00. The molecule has 0 amide bonds. The Morgan fingerprint density at radius 1 is 1.28 bits per heavy atom. The van der Waals surface area contributed by atoms with Crippen LogP contribution in [-0.2, 0) is 0 Å². The van der Waals surface area contributed by atoms with Crippen LogP contribution in [0.2, 0.25) is 0 Å². The first-order valence-corrected chi connectivity index (χ1v) is 6.05. The Morgan fingerprint density at radius 2 is 2.00 bits per heavy atom. The van der Waals surface area contributed by atoms with Crippen LogP contribution >= 0.6 is 11.3 Å². The number of allylic oxidation sites excluding steroid dienone is 1. The van der Waals surface area contributed by atoms with E-state index in [-0.39, 0.29) is 10.8 Å². The van der Waals surface area contributed by atoms with Gasteiger partial charge in [-0.15, -0.1) is 0 Å². The SMILES string of the molecule is O=C(/C=C/c1csc([N+](=O)[O-])c1)c1ccccc1. The Bertz CT molecular complexity index is 602. The molecular formula is C13H9NO3S. The highest BCUT2D eigenvalue weighted by Crippen LogP contribution is 2.23. The lowest BCUT2D eigenvalue weighted by molar-refractivity contribution is -0.380. The lowest BCUT2D eigenvalue weighted by Gasteiger charge is -1.92. The average molecular weight is 259 g/mol. The minimum atomic E-state index is -0.443. The van der Waals surface area contributed by atoms with Crippen molar-refractivity contribution in [2.75, 3.05) is 0 Å². The zero-order valence-corrected chi connectivity index (χ0v) is 10.1. The first kappa shape index (κ1) is 12.2. The van der Waals surface area contributed by atoms with Crippen molar-refractivity contribution >= 4 is 28.2 Å². The van der Waals surface area contributed by atoms with E-state index < -0.39 is 4.92 Å². The van der Waals surface area contributed by atoms with Crippen molar-refractivity contribution in [1.29, 1.82) is 0 Å². The topological polar surface area (TPSA) is 60.2 Å². The highest BCUT2D eigenvalue weighted by Gasteiger charge is 2.08. The third kappa shape index (κ3) is 2.89. The van der Waals surface area contributed by atoms with Crippen LogP contribution in [0.1, 0.15) is 15.9 Å². The predicted octanol–water partition coefficient (Wildman–Crippen LogP) is 3.55. The summed E-state index contributed by atoms with van der Waals surface area (Å²) in [6, 6.07) is 10.3. The molecule has 0 N–H and O–H groups in total. The lowest BCUT2D eigenvalue weighted by atomic mass is 10.1. The molecule has 0 atom stereocenters. The summed E-state index contributed by atoms with van der Waals surface area (Å²) < 4.78 is 0. The van der Waals surface area contributed by atoms with Gasteiger partial charge in [-0.05, 0) is 17.7 Å². The Labute approximate surface area is 107 Å². The standard InChI is InChI=1S/C13H9NO3S/c15-12(11-4-2-1-3-5-11)7-6-10-8-13(14(16)17)18-9-10/h1-9H/b7-6+. The molecule has 18 heavy (non-hydrogen) atoms. The van der Waals surface area contributed by atoms with Gasteiger partial charge in [0.15, 0.2) is 5.78 Å². The monoisotopic (exact) mass is 259 g/mol. The molecule has 1 heterocycles. The van der Waals surface area contributed by atoms with Gasteiger partial charge in [0, 0.05) is 17.0 Å². The average Bonchev–Trinajstić information content (AvgIpc) is 2.86. The van der Waals surface area contributed by atoms with E-state index in [1.54, 1.807) is 35.7 Å². The zero-order chi connectivity index (χ0) is 13.0. The molecule has 0 radical (unpaired) electrons. The maximum Gasteiger partial charge on any atom is 0.324 e. The molecule has 0 aliphatic carbocycles. The molecule has 1 aromatic heterocycles. The van der Waals surface area contributed by atoms with Crippen molar-refractivity contribution in [3.63, 3.8) is 0 Å². The van der Waals surface area contributed by atoms with E-state index in [2.05, 4.69) is 0 Å². The van der Waals surface area contributed by atoms with E-state index in [0.29, 0.717) is 11.1 Å². The van der Waals surface area contributed by atoms with E-state index in [1.165, 1.54) is 12.1 Å². The molecule has 90 valence electrons. The normalized spacial score (nSPS) is 10.7. The second-order valence-corrected chi connectivity index (χ2v) is 4.43. The van der Waals surface area contributed by atoms with Crippen molar-refractivity contribution in [2.45, 2.75) is 0 Å². The number of carbonyl (C=O) groups excluding carboxylic acids is 1. The Hall–Kier alpha value is -2.27. The van der Waals surface area contributed by atoms with Crippen molar-refractivity contribution in [3.8, 4) is 0 Å². The molecule has 0 fully saturated rings. The van der Waals surface area contributed by atoms with Crippen LogP contribution in [0.25, 0.3) is 6.08 Å². The molecule has 0 aliphatic rings. The van der Waals surface area contributed by atoms with Gasteiger partial charge in [0.1, 0.15) is 0 Å². The van der Waals surface area contributed by atoms with Crippen LogP contribution in [0, 0.1) is 10.1 Å². The fourth-order valence-corrected chi connectivity index (χ4v) is 2.09. The summed E-state index contributed by atoms with van der Waals surface area (Å²) in [5, 5.41) is 12.2. The molecule has 0 saturated carbocycles. The van der Waals surface area contributed by atoms with Crippen molar-refractivity contribution < 1.29 is 9.72 Å². The fraction of sp³-hybridized carbons (Fsp3) is 0. The van der Waals surface area contributed by atoms with Gasteiger partial charge in [-0.2, -0.15) is 0 Å². The van der Waals surface area contributed by atoms with Crippen molar-refractivity contribution in [1.82, 2.24) is 0 Å². The quantitative estimate of drug-likeness (QED) is 0.365. The number of thiophene rings is 1. The molecular weight excluding hydrogens is 250 g/mol. The molecule has 0 bridgehead atoms. The molecule has 2 aromatic rings. The molecule has 0 spiro atoms. The predicted molar refractivity (Wildman–Crippen MR) is 70.8 cm³/mol. The summed E-state index contributed by atoms with van der Waals surface area (Å²) in [7, 11) is 0. The summed E-state index contributed by atoms with van der Waals surface area (Å²) >= 11 is 1.04. The number of rotatable bonds is 4. The summed E-state index contributed by atoms with van der Waals surface area (Å²) in [5.41, 5.74) is 1.26. The second kappa shape index (κ2) is 5.37. The maximum atomic E-state index is 11.7. The van der Waals surface area contributed by atoms with E-state index in [0.717, 1.165) is 11.3 Å². The molecule has 0 unspecified atom stereocenters. The van der Waals surface area contributed by atoms with E-state index in [1.807, 2.05) is 6.07 Å². The molecule has 0 aliphatic heterocycles. The minimum Gasteiger partial charge on any atom is -0.289 e. The number of hydrogen-bond donors (Lipinski definition) is 0. The Balaban J connectivity index is 2.11. The Morgan fingerprint density at radius 3 is 2.61 bits per heavy atom. The van der Waals surface area contributed by atoms with Crippen LogP contribution in [0.4, 0.5) is 5.00 Å². The largest absolute Gasteiger partial charge is 0.324 e. The summed E-state index contributed by atoms with van der Waals surface area (Å²) in [4.78, 5) is 21.8. The number of ketones is 1. The van der Waals surface area contributed by atoms with E-state index in [9.17, 15) is 14.9 Å². The number of nitrogens with zero attached hydrogens (tertiary/aromatic N) is 1. The van der Waals surface area contributed by atoms with E-state index in [4.69, 9.17) is 0 Å². The number of hydrogen-bond acceptors (Lipinski definition) is 4. The molecule has 5 heteroatoms. The first-order chi connectivity index (χ1) is 8.66. The lowest BCUT2D eigenvalue weighted by Crippen LogP contribution is -1.92. The van der Waals surface area contributed by atoms with Crippen LogP contribution < -0.4 is 0 Å². The molecule has 0 saturated heterocycles. The third-order valence-corrected chi connectivity index (χ3v) is 3.17.